The van der Waals surface area contributed by atoms with Gasteiger partial charge >= 0.3 is 0 Å². The van der Waals surface area contributed by atoms with Crippen molar-refractivity contribution >= 4 is 16.8 Å². The molecule has 5 nitrogen and oxygen atoms in total. The lowest BCUT2D eigenvalue weighted by Gasteiger charge is -2.37. The predicted octanol–water partition coefficient (Wildman–Crippen LogP) is 7.13. The number of ether oxygens (including phenoxy) is 1. The molecular formula is C32H43N3O2. The number of carbonyl (C=O) groups excluding carboxylic acids is 1. The van der Waals surface area contributed by atoms with Crippen molar-refractivity contribution in [1.82, 2.24) is 14.9 Å². The zero-order chi connectivity index (χ0) is 26.3. The number of aryl methyl sites for hydroxylation is 2. The fourth-order valence-electron chi connectivity index (χ4n) is 6.50. The number of nitrogens with zero attached hydrogens (tertiary/aromatic N) is 2. The van der Waals surface area contributed by atoms with Crippen LogP contribution in [0.15, 0.2) is 30.3 Å². The molecule has 5 heteroatoms. The van der Waals surface area contributed by atoms with E-state index in [0.29, 0.717) is 30.3 Å². The molecule has 0 radical (unpaired) electrons. The summed E-state index contributed by atoms with van der Waals surface area (Å²) in [5.41, 5.74) is 8.50. The number of aromatic amines is 1. The molecule has 2 saturated heterocycles. The number of H-pyrrole nitrogens is 1. The highest BCUT2D eigenvalue weighted by Gasteiger charge is 2.34. The van der Waals surface area contributed by atoms with Gasteiger partial charge in [-0.3, -0.25) is 9.78 Å². The number of fused-ring (bicyclic) bond motifs is 1. The lowest BCUT2D eigenvalue weighted by molar-refractivity contribution is -0.142. The van der Waals surface area contributed by atoms with Gasteiger partial charge in [0.15, 0.2) is 0 Å². The molecule has 1 aromatic carbocycles. The van der Waals surface area contributed by atoms with E-state index < -0.39 is 0 Å². The Hall–Kier alpha value is -2.66. The molecule has 3 aromatic rings. The number of aromatic nitrogens is 2. The van der Waals surface area contributed by atoms with Gasteiger partial charge in [-0.2, -0.15) is 0 Å². The van der Waals surface area contributed by atoms with Crippen molar-refractivity contribution in [3.05, 3.63) is 52.8 Å². The second-order valence-electron chi connectivity index (χ2n) is 12.0. The van der Waals surface area contributed by atoms with Crippen molar-refractivity contribution in [2.45, 2.75) is 85.2 Å². The van der Waals surface area contributed by atoms with Gasteiger partial charge in [0.05, 0.1) is 11.8 Å². The summed E-state index contributed by atoms with van der Waals surface area (Å²) in [5, 5.41) is 1.33. The number of benzene rings is 1. The zero-order valence-corrected chi connectivity index (χ0v) is 23.4. The third-order valence-electron chi connectivity index (χ3n) is 8.50. The highest BCUT2D eigenvalue weighted by atomic mass is 16.5. The minimum Gasteiger partial charge on any atom is -0.378 e. The molecule has 5 rings (SSSR count). The lowest BCUT2D eigenvalue weighted by atomic mass is 9.85. The van der Waals surface area contributed by atoms with Gasteiger partial charge in [0.1, 0.15) is 0 Å². The summed E-state index contributed by atoms with van der Waals surface area (Å²) in [6, 6.07) is 11.3. The first-order valence-corrected chi connectivity index (χ1v) is 14.2. The lowest BCUT2D eigenvalue weighted by Crippen LogP contribution is -2.44. The Labute approximate surface area is 222 Å². The first kappa shape index (κ1) is 26.0. The molecule has 4 heterocycles. The summed E-state index contributed by atoms with van der Waals surface area (Å²) in [6.45, 7) is 15.5. The molecular weight excluding hydrogens is 458 g/mol. The van der Waals surface area contributed by atoms with E-state index >= 15 is 0 Å². The van der Waals surface area contributed by atoms with Gasteiger partial charge in [0, 0.05) is 53.5 Å². The van der Waals surface area contributed by atoms with Crippen LogP contribution in [0.1, 0.15) is 87.7 Å². The second kappa shape index (κ2) is 10.6. The SMILES string of the molecule is Cc1cc(-c2[nH]c3ccc(C4CCN(C(=O)C5CCOC(C(C)C)C5)CC4)cc3c2C(C)C)cc(C)n1. The summed E-state index contributed by atoms with van der Waals surface area (Å²) in [4.78, 5) is 23.7. The fraction of sp³-hybridized carbons (Fsp3) is 0.562. The Morgan fingerprint density at radius 2 is 1.73 bits per heavy atom. The summed E-state index contributed by atoms with van der Waals surface area (Å²) >= 11 is 0. The molecule has 0 spiro atoms. The summed E-state index contributed by atoms with van der Waals surface area (Å²) < 4.78 is 5.91. The van der Waals surface area contributed by atoms with Crippen LogP contribution in [-0.4, -0.2) is 46.6 Å². The molecule has 1 amide bonds. The molecule has 2 aliphatic heterocycles. The maximum atomic E-state index is 13.3. The third-order valence-corrected chi connectivity index (χ3v) is 8.50. The summed E-state index contributed by atoms with van der Waals surface area (Å²) in [7, 11) is 0. The van der Waals surface area contributed by atoms with E-state index in [1.54, 1.807) is 0 Å². The van der Waals surface area contributed by atoms with E-state index in [1.807, 2.05) is 0 Å². The predicted molar refractivity (Wildman–Crippen MR) is 151 cm³/mol. The molecule has 2 unspecified atom stereocenters. The molecule has 1 N–H and O–H groups in total. The smallest absolute Gasteiger partial charge is 0.225 e. The minimum absolute atomic E-state index is 0.126. The van der Waals surface area contributed by atoms with Gasteiger partial charge in [0.25, 0.3) is 0 Å². The van der Waals surface area contributed by atoms with Gasteiger partial charge in [-0.05, 0) is 92.7 Å². The van der Waals surface area contributed by atoms with Crippen LogP contribution in [0.4, 0.5) is 0 Å². The maximum Gasteiger partial charge on any atom is 0.225 e. The quantitative estimate of drug-likeness (QED) is 0.405. The van der Waals surface area contributed by atoms with Crippen LogP contribution in [-0.2, 0) is 9.53 Å². The summed E-state index contributed by atoms with van der Waals surface area (Å²) in [5.74, 6) is 1.84. The highest BCUT2D eigenvalue weighted by Crippen LogP contribution is 2.39. The number of carbonyl (C=O) groups is 1. The number of amides is 1. The molecule has 2 aromatic heterocycles. The van der Waals surface area contributed by atoms with Crippen LogP contribution in [0.2, 0.25) is 0 Å². The van der Waals surface area contributed by atoms with E-state index in [-0.39, 0.29) is 12.0 Å². The van der Waals surface area contributed by atoms with Gasteiger partial charge in [-0.25, -0.2) is 0 Å². The molecule has 2 aliphatic rings. The Bertz CT molecular complexity index is 1250. The van der Waals surface area contributed by atoms with Gasteiger partial charge in [-0.1, -0.05) is 33.8 Å². The van der Waals surface area contributed by atoms with Crippen molar-refractivity contribution in [1.29, 1.82) is 0 Å². The number of pyridine rings is 1. The number of nitrogens with one attached hydrogen (secondary N) is 1. The van der Waals surface area contributed by atoms with Crippen molar-refractivity contribution in [2.24, 2.45) is 11.8 Å². The van der Waals surface area contributed by atoms with E-state index in [4.69, 9.17) is 4.74 Å². The average Bonchev–Trinajstić information content (AvgIpc) is 3.27. The van der Waals surface area contributed by atoms with Crippen molar-refractivity contribution in [2.75, 3.05) is 19.7 Å². The fourth-order valence-corrected chi connectivity index (χ4v) is 6.50. The Morgan fingerprint density at radius 1 is 1.03 bits per heavy atom. The largest absolute Gasteiger partial charge is 0.378 e. The monoisotopic (exact) mass is 501 g/mol. The number of rotatable bonds is 5. The van der Waals surface area contributed by atoms with E-state index in [1.165, 1.54) is 33.3 Å². The molecule has 2 atom stereocenters. The van der Waals surface area contributed by atoms with Crippen molar-refractivity contribution < 1.29 is 9.53 Å². The Morgan fingerprint density at radius 3 is 2.38 bits per heavy atom. The average molecular weight is 502 g/mol. The van der Waals surface area contributed by atoms with Gasteiger partial charge in [-0.15, -0.1) is 0 Å². The molecule has 37 heavy (non-hydrogen) atoms. The normalized spacial score (nSPS) is 21.4. The van der Waals surface area contributed by atoms with E-state index in [9.17, 15) is 4.79 Å². The van der Waals surface area contributed by atoms with Crippen molar-refractivity contribution in [3.63, 3.8) is 0 Å². The van der Waals surface area contributed by atoms with Crippen molar-refractivity contribution in [3.8, 4) is 11.3 Å². The Balaban J connectivity index is 1.34. The van der Waals surface area contributed by atoms with E-state index in [0.717, 1.165) is 50.2 Å². The van der Waals surface area contributed by atoms with Crippen LogP contribution in [0, 0.1) is 25.7 Å². The number of hydrogen-bond acceptors (Lipinski definition) is 3. The minimum atomic E-state index is 0.126. The van der Waals surface area contributed by atoms with E-state index in [2.05, 4.69) is 86.7 Å². The van der Waals surface area contributed by atoms with Crippen LogP contribution < -0.4 is 0 Å². The topological polar surface area (TPSA) is 58.2 Å². The molecule has 2 fully saturated rings. The van der Waals surface area contributed by atoms with Crippen LogP contribution in [0.5, 0.6) is 0 Å². The molecule has 0 bridgehead atoms. The second-order valence-corrected chi connectivity index (χ2v) is 12.0. The van der Waals surface area contributed by atoms with Gasteiger partial charge < -0.3 is 14.6 Å². The maximum absolute atomic E-state index is 13.3. The van der Waals surface area contributed by atoms with Crippen LogP contribution in [0.3, 0.4) is 0 Å². The Kier molecular flexibility index (Phi) is 7.44. The molecule has 0 aliphatic carbocycles. The molecule has 0 saturated carbocycles. The number of likely N-dealkylation sites (tertiary alicyclic amines) is 1. The third kappa shape index (κ3) is 5.34. The first-order chi connectivity index (χ1) is 17.7. The molecule has 198 valence electrons. The standard InChI is InChI=1S/C32H43N3O2/c1-19(2)29-18-25(11-14-37-29)32(36)35-12-9-23(10-13-35)24-7-8-28-27(17-24)30(20(3)4)31(34-28)26-15-21(5)33-22(6)16-26/h7-8,15-17,19-20,23,25,29,34H,9-14,18H2,1-6H3. The van der Waals surface area contributed by atoms with Gasteiger partial charge in [0.2, 0.25) is 5.91 Å². The van der Waals surface area contributed by atoms with Crippen LogP contribution in [0.25, 0.3) is 22.2 Å². The number of hydrogen-bond donors (Lipinski definition) is 1. The first-order valence-electron chi connectivity index (χ1n) is 14.2. The van der Waals surface area contributed by atoms with Crippen LogP contribution >= 0.6 is 0 Å². The summed E-state index contributed by atoms with van der Waals surface area (Å²) in [6.07, 6.45) is 4.02. The zero-order valence-electron chi connectivity index (χ0n) is 23.4. The highest BCUT2D eigenvalue weighted by molar-refractivity contribution is 5.92. The number of piperidine rings is 1.